The summed E-state index contributed by atoms with van der Waals surface area (Å²) in [6.07, 6.45) is 6.83. The van der Waals surface area contributed by atoms with Crippen LogP contribution in [-0.4, -0.2) is 47.3 Å². The number of carbonyl (C=O) groups is 1. The molecule has 1 fully saturated rings. The Morgan fingerprint density at radius 2 is 1.97 bits per heavy atom. The molecule has 0 saturated carbocycles. The molecule has 0 radical (unpaired) electrons. The van der Waals surface area contributed by atoms with Gasteiger partial charge >= 0.3 is 0 Å². The lowest BCUT2D eigenvalue weighted by Gasteiger charge is -2.32. The van der Waals surface area contributed by atoms with Crippen LogP contribution in [0.3, 0.4) is 0 Å². The van der Waals surface area contributed by atoms with E-state index in [0.717, 1.165) is 68.0 Å². The predicted octanol–water partition coefficient (Wildman–Crippen LogP) is 4.30. The fraction of sp³-hybridized carbons (Fsp3) is 0.360. The van der Waals surface area contributed by atoms with Gasteiger partial charge in [-0.25, -0.2) is 0 Å². The normalized spacial score (nSPS) is 16.7. The number of amides is 1. The van der Waals surface area contributed by atoms with Gasteiger partial charge in [-0.3, -0.25) is 9.48 Å². The molecule has 31 heavy (non-hydrogen) atoms. The fourth-order valence-electron chi connectivity index (χ4n) is 4.21. The van der Waals surface area contributed by atoms with Gasteiger partial charge in [0.2, 0.25) is 5.91 Å². The molecule has 1 unspecified atom stereocenters. The Morgan fingerprint density at radius 3 is 2.74 bits per heavy atom. The molecule has 1 amide bonds. The molecule has 2 aromatic carbocycles. The van der Waals surface area contributed by atoms with Gasteiger partial charge in [-0.1, -0.05) is 30.3 Å². The number of ether oxygens (including phenoxy) is 1. The Kier molecular flexibility index (Phi) is 6.99. The molecule has 1 aliphatic rings. The first-order valence-corrected chi connectivity index (χ1v) is 11.0. The maximum Gasteiger partial charge on any atom is 0.228 e. The van der Waals surface area contributed by atoms with Gasteiger partial charge in [-0.15, -0.1) is 0 Å². The SMILES string of the molecule is COc1ccc(-c2ccccc2NC(=O)C2CCCN(CCCn3cccn3)C2)cc1. The minimum Gasteiger partial charge on any atom is -0.497 e. The molecule has 1 atom stereocenters. The van der Waals surface area contributed by atoms with Crippen molar-refractivity contribution in [1.82, 2.24) is 14.7 Å². The second-order valence-corrected chi connectivity index (χ2v) is 8.03. The van der Waals surface area contributed by atoms with Gasteiger partial charge in [0, 0.05) is 36.7 Å². The lowest BCUT2D eigenvalue weighted by molar-refractivity contribution is -0.121. The van der Waals surface area contributed by atoms with Crippen LogP contribution < -0.4 is 10.1 Å². The number of hydrogen-bond donors (Lipinski definition) is 1. The first kappa shape index (κ1) is 21.1. The second-order valence-electron chi connectivity index (χ2n) is 8.03. The summed E-state index contributed by atoms with van der Waals surface area (Å²) in [5.74, 6) is 0.945. The van der Waals surface area contributed by atoms with Crippen LogP contribution >= 0.6 is 0 Å². The highest BCUT2D eigenvalue weighted by Crippen LogP contribution is 2.30. The summed E-state index contributed by atoms with van der Waals surface area (Å²) in [5, 5.41) is 7.45. The molecular formula is C25H30N4O2. The summed E-state index contributed by atoms with van der Waals surface area (Å²) in [6.45, 7) is 3.78. The van der Waals surface area contributed by atoms with Gasteiger partial charge in [0.25, 0.3) is 0 Å². The molecule has 1 aliphatic heterocycles. The van der Waals surface area contributed by atoms with E-state index in [4.69, 9.17) is 4.74 Å². The number of carbonyl (C=O) groups excluding carboxylic acids is 1. The lowest BCUT2D eigenvalue weighted by Crippen LogP contribution is -2.41. The van der Waals surface area contributed by atoms with E-state index in [1.54, 1.807) is 7.11 Å². The van der Waals surface area contributed by atoms with Crippen molar-refractivity contribution in [2.24, 2.45) is 5.92 Å². The number of nitrogens with one attached hydrogen (secondary N) is 1. The van der Waals surface area contributed by atoms with Gasteiger partial charge in [0.15, 0.2) is 0 Å². The maximum absolute atomic E-state index is 13.1. The zero-order valence-corrected chi connectivity index (χ0v) is 18.0. The Bertz CT molecular complexity index is 969. The summed E-state index contributed by atoms with van der Waals surface area (Å²) < 4.78 is 7.22. The van der Waals surface area contributed by atoms with E-state index in [1.165, 1.54) is 0 Å². The summed E-state index contributed by atoms with van der Waals surface area (Å²) in [6, 6.07) is 17.8. The van der Waals surface area contributed by atoms with Crippen LogP contribution in [0, 0.1) is 5.92 Å². The highest BCUT2D eigenvalue weighted by atomic mass is 16.5. The second kappa shape index (κ2) is 10.3. The first-order chi connectivity index (χ1) is 15.2. The summed E-state index contributed by atoms with van der Waals surface area (Å²) >= 11 is 0. The third kappa shape index (κ3) is 5.52. The number of aryl methyl sites for hydroxylation is 1. The number of para-hydroxylation sites is 1. The van der Waals surface area contributed by atoms with E-state index >= 15 is 0 Å². The number of piperidine rings is 1. The van der Waals surface area contributed by atoms with E-state index in [-0.39, 0.29) is 11.8 Å². The van der Waals surface area contributed by atoms with Crippen molar-refractivity contribution in [2.75, 3.05) is 32.1 Å². The molecule has 2 heterocycles. The zero-order chi connectivity index (χ0) is 21.5. The summed E-state index contributed by atoms with van der Waals surface area (Å²) in [7, 11) is 1.66. The van der Waals surface area contributed by atoms with Gasteiger partial charge in [0.1, 0.15) is 5.75 Å². The topological polar surface area (TPSA) is 59.4 Å². The number of aromatic nitrogens is 2. The van der Waals surface area contributed by atoms with Crippen LogP contribution in [0.15, 0.2) is 67.0 Å². The van der Waals surface area contributed by atoms with Gasteiger partial charge in [-0.05, 0) is 62.2 Å². The highest BCUT2D eigenvalue weighted by molar-refractivity contribution is 5.97. The van der Waals surface area contributed by atoms with Crippen LogP contribution in [-0.2, 0) is 11.3 Å². The molecule has 162 valence electrons. The molecule has 6 heteroatoms. The highest BCUT2D eigenvalue weighted by Gasteiger charge is 2.26. The zero-order valence-electron chi connectivity index (χ0n) is 18.0. The average molecular weight is 419 g/mol. The third-order valence-corrected chi connectivity index (χ3v) is 5.88. The molecule has 0 spiro atoms. The van der Waals surface area contributed by atoms with E-state index in [2.05, 4.69) is 15.3 Å². The van der Waals surface area contributed by atoms with Crippen molar-refractivity contribution in [3.63, 3.8) is 0 Å². The molecule has 1 saturated heterocycles. The number of nitrogens with zero attached hydrogens (tertiary/aromatic N) is 3. The Labute approximate surface area is 183 Å². The molecule has 0 bridgehead atoms. The number of methoxy groups -OCH3 is 1. The van der Waals surface area contributed by atoms with E-state index in [1.807, 2.05) is 71.7 Å². The Balaban J connectivity index is 1.36. The number of likely N-dealkylation sites (tertiary alicyclic amines) is 1. The first-order valence-electron chi connectivity index (χ1n) is 11.0. The molecule has 3 aromatic rings. The maximum atomic E-state index is 13.1. The van der Waals surface area contributed by atoms with Gasteiger partial charge in [-0.2, -0.15) is 5.10 Å². The Hall–Kier alpha value is -3.12. The minimum absolute atomic E-state index is 0.0161. The van der Waals surface area contributed by atoms with Crippen molar-refractivity contribution in [2.45, 2.75) is 25.8 Å². The van der Waals surface area contributed by atoms with E-state index < -0.39 is 0 Å². The van der Waals surface area contributed by atoms with Crippen molar-refractivity contribution in [3.05, 3.63) is 67.0 Å². The molecule has 1 N–H and O–H groups in total. The Morgan fingerprint density at radius 1 is 1.13 bits per heavy atom. The number of benzene rings is 2. The molecular weight excluding hydrogens is 388 g/mol. The van der Waals surface area contributed by atoms with Gasteiger partial charge < -0.3 is 15.0 Å². The van der Waals surface area contributed by atoms with E-state index in [0.29, 0.717) is 0 Å². The molecule has 0 aliphatic carbocycles. The molecule has 6 nitrogen and oxygen atoms in total. The minimum atomic E-state index is 0.0161. The van der Waals surface area contributed by atoms with Crippen LogP contribution in [0.4, 0.5) is 5.69 Å². The molecule has 4 rings (SSSR count). The third-order valence-electron chi connectivity index (χ3n) is 5.88. The predicted molar refractivity (Wildman–Crippen MR) is 123 cm³/mol. The van der Waals surface area contributed by atoms with Crippen LogP contribution in [0.2, 0.25) is 0 Å². The van der Waals surface area contributed by atoms with E-state index in [9.17, 15) is 4.79 Å². The summed E-state index contributed by atoms with van der Waals surface area (Å²) in [5.41, 5.74) is 2.93. The van der Waals surface area contributed by atoms with Crippen molar-refractivity contribution >= 4 is 11.6 Å². The monoisotopic (exact) mass is 418 g/mol. The number of anilines is 1. The van der Waals surface area contributed by atoms with Crippen molar-refractivity contribution < 1.29 is 9.53 Å². The quantitative estimate of drug-likeness (QED) is 0.593. The number of hydrogen-bond acceptors (Lipinski definition) is 4. The van der Waals surface area contributed by atoms with Crippen LogP contribution in [0.1, 0.15) is 19.3 Å². The smallest absolute Gasteiger partial charge is 0.228 e. The molecule has 1 aromatic heterocycles. The largest absolute Gasteiger partial charge is 0.497 e. The summed E-state index contributed by atoms with van der Waals surface area (Å²) in [4.78, 5) is 15.5. The van der Waals surface area contributed by atoms with Crippen molar-refractivity contribution in [1.29, 1.82) is 0 Å². The lowest BCUT2D eigenvalue weighted by atomic mass is 9.96. The van der Waals surface area contributed by atoms with Crippen LogP contribution in [0.25, 0.3) is 11.1 Å². The fourth-order valence-corrected chi connectivity index (χ4v) is 4.21. The van der Waals surface area contributed by atoms with Crippen LogP contribution in [0.5, 0.6) is 5.75 Å². The average Bonchev–Trinajstić information content (AvgIpc) is 3.33. The van der Waals surface area contributed by atoms with Gasteiger partial charge in [0.05, 0.1) is 13.0 Å². The van der Waals surface area contributed by atoms with Crippen molar-refractivity contribution in [3.8, 4) is 16.9 Å². The number of rotatable bonds is 8. The standard InChI is InChI=1S/C25H30N4O2/c1-31-22-12-10-20(11-13-22)23-8-2-3-9-24(23)27-25(30)21-7-4-15-28(19-21)16-6-18-29-17-5-14-26-29/h2-3,5,8-14,17,21H,4,6-7,15-16,18-19H2,1H3,(H,27,30).